The Labute approximate surface area is 153 Å². The summed E-state index contributed by atoms with van der Waals surface area (Å²) in [4.78, 5) is 16.5. The van der Waals surface area contributed by atoms with Crippen LogP contribution in [0.25, 0.3) is 0 Å². The number of morpholine rings is 1. The summed E-state index contributed by atoms with van der Waals surface area (Å²) in [6.07, 6.45) is -3.09. The summed E-state index contributed by atoms with van der Waals surface area (Å²) in [7, 11) is 0. The van der Waals surface area contributed by atoms with Gasteiger partial charge in [-0.05, 0) is 23.8 Å². The smallest absolute Gasteiger partial charge is 0.378 e. The Morgan fingerprint density at radius 2 is 2.00 bits per heavy atom. The van der Waals surface area contributed by atoms with Gasteiger partial charge in [0.25, 0.3) is 5.91 Å². The minimum absolute atomic E-state index is 0.000475. The molecule has 1 aliphatic rings. The number of carbonyl (C=O) groups excluding carboxylic acids is 1. The van der Waals surface area contributed by atoms with Crippen LogP contribution in [0.15, 0.2) is 30.5 Å². The van der Waals surface area contributed by atoms with Crippen LogP contribution >= 0.6 is 11.6 Å². The minimum Gasteiger partial charge on any atom is -0.378 e. The van der Waals surface area contributed by atoms with Crippen molar-refractivity contribution in [2.45, 2.75) is 12.7 Å². The number of ether oxygens (including phenoxy) is 1. The van der Waals surface area contributed by atoms with E-state index in [1.165, 1.54) is 18.3 Å². The average molecular weight is 388 g/mol. The summed E-state index contributed by atoms with van der Waals surface area (Å²) in [6, 6.07) is 5.56. The lowest BCUT2D eigenvalue weighted by Gasteiger charge is -2.29. The van der Waals surface area contributed by atoms with Crippen LogP contribution in [-0.2, 0) is 17.5 Å². The van der Waals surface area contributed by atoms with Gasteiger partial charge in [0, 0.05) is 31.5 Å². The van der Waals surface area contributed by atoms with Crippen molar-refractivity contribution in [3.8, 4) is 0 Å². The highest BCUT2D eigenvalue weighted by Crippen LogP contribution is 2.35. The molecule has 0 saturated carbocycles. The molecule has 1 aliphatic heterocycles. The molecule has 2 N–H and O–H groups in total. The van der Waals surface area contributed by atoms with E-state index < -0.39 is 17.6 Å². The molecule has 0 radical (unpaired) electrons. The first-order chi connectivity index (χ1) is 12.3. The Balaban J connectivity index is 1.78. The third-order valence-electron chi connectivity index (χ3n) is 4.11. The number of hydrogen-bond donors (Lipinski definition) is 2. The standard InChI is InChI=1S/C17H17ClF3N3O2/c18-12-7-15(22-10-12)16(25)23-9-11-1-2-13(8-14(11)17(19,20)21)24-3-5-26-6-4-24/h1-2,7-8,10,22H,3-6,9H2,(H,23,25). The van der Waals surface area contributed by atoms with Crippen molar-refractivity contribution in [3.05, 3.63) is 52.3 Å². The van der Waals surface area contributed by atoms with Gasteiger partial charge in [0.15, 0.2) is 0 Å². The zero-order valence-corrected chi connectivity index (χ0v) is 14.5. The molecule has 1 aromatic carbocycles. The molecule has 1 aromatic heterocycles. The first kappa shape index (κ1) is 18.6. The Morgan fingerprint density at radius 1 is 1.27 bits per heavy atom. The van der Waals surface area contributed by atoms with Crippen molar-refractivity contribution < 1.29 is 22.7 Å². The van der Waals surface area contributed by atoms with E-state index in [1.54, 1.807) is 6.07 Å². The number of halogens is 4. The number of nitrogens with one attached hydrogen (secondary N) is 2. The van der Waals surface area contributed by atoms with Gasteiger partial charge in [0.05, 0.1) is 23.8 Å². The fourth-order valence-corrected chi connectivity index (χ4v) is 2.93. The summed E-state index contributed by atoms with van der Waals surface area (Å²) in [6.45, 7) is 1.81. The highest BCUT2D eigenvalue weighted by Gasteiger charge is 2.34. The molecule has 2 aromatic rings. The maximum atomic E-state index is 13.5. The molecule has 2 heterocycles. The molecule has 0 atom stereocenters. The van der Waals surface area contributed by atoms with E-state index in [9.17, 15) is 18.0 Å². The average Bonchev–Trinajstić information content (AvgIpc) is 3.06. The summed E-state index contributed by atoms with van der Waals surface area (Å²) < 4.78 is 45.6. The van der Waals surface area contributed by atoms with Crippen molar-refractivity contribution in [2.75, 3.05) is 31.2 Å². The zero-order chi connectivity index (χ0) is 18.7. The number of aromatic amines is 1. The third-order valence-corrected chi connectivity index (χ3v) is 4.33. The maximum absolute atomic E-state index is 13.5. The number of nitrogens with zero attached hydrogens (tertiary/aromatic N) is 1. The molecule has 0 bridgehead atoms. The quantitative estimate of drug-likeness (QED) is 0.844. The molecule has 9 heteroatoms. The molecule has 26 heavy (non-hydrogen) atoms. The van der Waals surface area contributed by atoms with E-state index in [-0.39, 0.29) is 17.8 Å². The second kappa shape index (κ2) is 7.59. The Hall–Kier alpha value is -2.19. The predicted molar refractivity (Wildman–Crippen MR) is 91.4 cm³/mol. The van der Waals surface area contributed by atoms with Gasteiger partial charge in [-0.1, -0.05) is 17.7 Å². The first-order valence-corrected chi connectivity index (χ1v) is 8.37. The van der Waals surface area contributed by atoms with Crippen LogP contribution in [0.3, 0.4) is 0 Å². The van der Waals surface area contributed by atoms with Crippen LogP contribution in [0, 0.1) is 0 Å². The van der Waals surface area contributed by atoms with Gasteiger partial charge in [0.2, 0.25) is 0 Å². The molecule has 3 rings (SSSR count). The lowest BCUT2D eigenvalue weighted by atomic mass is 10.0. The largest absolute Gasteiger partial charge is 0.416 e. The van der Waals surface area contributed by atoms with E-state index in [0.717, 1.165) is 6.07 Å². The van der Waals surface area contributed by atoms with Crippen LogP contribution in [0.5, 0.6) is 0 Å². The molecule has 140 valence electrons. The predicted octanol–water partition coefficient (Wildman–Crippen LogP) is 3.45. The van der Waals surface area contributed by atoms with E-state index >= 15 is 0 Å². The van der Waals surface area contributed by atoms with Crippen molar-refractivity contribution in [2.24, 2.45) is 0 Å². The number of rotatable bonds is 4. The SMILES string of the molecule is O=C(NCc1ccc(N2CCOCC2)cc1C(F)(F)F)c1cc(Cl)c[nH]1. The molecule has 1 saturated heterocycles. The van der Waals surface area contributed by atoms with Crippen molar-refractivity contribution in [1.82, 2.24) is 10.3 Å². The normalized spacial score (nSPS) is 15.2. The second-order valence-corrected chi connectivity index (χ2v) is 6.29. The zero-order valence-electron chi connectivity index (χ0n) is 13.7. The van der Waals surface area contributed by atoms with Gasteiger partial charge in [-0.3, -0.25) is 4.79 Å². The van der Waals surface area contributed by atoms with Crippen molar-refractivity contribution >= 4 is 23.2 Å². The van der Waals surface area contributed by atoms with Gasteiger partial charge < -0.3 is 19.9 Å². The van der Waals surface area contributed by atoms with E-state index in [4.69, 9.17) is 16.3 Å². The third kappa shape index (κ3) is 4.31. The molecule has 0 aliphatic carbocycles. The van der Waals surface area contributed by atoms with Gasteiger partial charge in [-0.15, -0.1) is 0 Å². The Kier molecular flexibility index (Phi) is 5.43. The van der Waals surface area contributed by atoms with Crippen molar-refractivity contribution in [3.63, 3.8) is 0 Å². The van der Waals surface area contributed by atoms with E-state index in [0.29, 0.717) is 37.0 Å². The number of benzene rings is 1. The van der Waals surface area contributed by atoms with Crippen LogP contribution in [0.4, 0.5) is 18.9 Å². The van der Waals surface area contributed by atoms with Gasteiger partial charge >= 0.3 is 6.18 Å². The molecule has 1 amide bonds. The number of hydrogen-bond acceptors (Lipinski definition) is 3. The molecule has 1 fully saturated rings. The molecule has 0 spiro atoms. The number of carbonyl (C=O) groups is 1. The van der Waals surface area contributed by atoms with Crippen LogP contribution in [0.1, 0.15) is 21.6 Å². The lowest BCUT2D eigenvalue weighted by Crippen LogP contribution is -2.36. The van der Waals surface area contributed by atoms with Crippen LogP contribution in [-0.4, -0.2) is 37.2 Å². The fourth-order valence-electron chi connectivity index (χ4n) is 2.77. The summed E-state index contributed by atoms with van der Waals surface area (Å²) >= 11 is 5.72. The van der Waals surface area contributed by atoms with Gasteiger partial charge in [-0.2, -0.15) is 13.2 Å². The number of alkyl halides is 3. The Morgan fingerprint density at radius 3 is 2.62 bits per heavy atom. The second-order valence-electron chi connectivity index (χ2n) is 5.85. The van der Waals surface area contributed by atoms with Gasteiger partial charge in [0.1, 0.15) is 5.69 Å². The number of H-pyrrole nitrogens is 1. The summed E-state index contributed by atoms with van der Waals surface area (Å²) in [5.41, 5.74) is -0.0767. The van der Waals surface area contributed by atoms with Gasteiger partial charge in [-0.25, -0.2) is 0 Å². The monoisotopic (exact) mass is 387 g/mol. The number of amides is 1. The highest BCUT2D eigenvalue weighted by atomic mass is 35.5. The van der Waals surface area contributed by atoms with Crippen LogP contribution in [0.2, 0.25) is 5.02 Å². The Bertz CT molecular complexity index is 786. The number of anilines is 1. The lowest BCUT2D eigenvalue weighted by molar-refractivity contribution is -0.138. The van der Waals surface area contributed by atoms with Crippen LogP contribution < -0.4 is 10.2 Å². The van der Waals surface area contributed by atoms with E-state index in [1.807, 2.05) is 4.90 Å². The summed E-state index contributed by atoms with van der Waals surface area (Å²) in [5.74, 6) is -0.526. The molecular weight excluding hydrogens is 371 g/mol. The molecule has 5 nitrogen and oxygen atoms in total. The number of aromatic nitrogens is 1. The molecule has 0 unspecified atom stereocenters. The summed E-state index contributed by atoms with van der Waals surface area (Å²) in [5, 5.41) is 2.83. The maximum Gasteiger partial charge on any atom is 0.416 e. The fraction of sp³-hybridized carbons (Fsp3) is 0.353. The topological polar surface area (TPSA) is 57.4 Å². The van der Waals surface area contributed by atoms with Crippen molar-refractivity contribution in [1.29, 1.82) is 0 Å². The first-order valence-electron chi connectivity index (χ1n) is 7.99. The minimum atomic E-state index is -4.52. The van der Waals surface area contributed by atoms with E-state index in [2.05, 4.69) is 10.3 Å². The highest BCUT2D eigenvalue weighted by molar-refractivity contribution is 6.30. The molecular formula is C17H17ClF3N3O2.